The quantitative estimate of drug-likeness (QED) is 0.428. The summed E-state index contributed by atoms with van der Waals surface area (Å²) in [4.78, 5) is 0. The van der Waals surface area contributed by atoms with E-state index in [9.17, 15) is 0 Å². The Hall–Kier alpha value is 0. The smallest absolute Gasteiger partial charge is 0.0277 e. The molecule has 1 saturated carbocycles. The average Bonchev–Trinajstić information content (AvgIpc) is 2.35. The fourth-order valence-electron chi connectivity index (χ4n) is 3.94. The van der Waals surface area contributed by atoms with Gasteiger partial charge in [-0.1, -0.05) is 92.9 Å². The molecule has 0 N–H and O–H groups in total. The molecule has 0 bridgehead atoms. The first kappa shape index (κ1) is 19.0. The molecule has 0 heterocycles. The van der Waals surface area contributed by atoms with Crippen molar-refractivity contribution in [3.8, 4) is 0 Å². The third kappa shape index (κ3) is 6.74. The van der Waals surface area contributed by atoms with Gasteiger partial charge in [-0.05, 0) is 41.9 Å². The molecule has 0 saturated heterocycles. The minimum absolute atomic E-state index is 0.450. The van der Waals surface area contributed by atoms with Crippen molar-refractivity contribution in [2.45, 2.75) is 119 Å². The molecule has 1 aliphatic rings. The van der Waals surface area contributed by atoms with Crippen LogP contribution >= 0.6 is 0 Å². The first-order valence-corrected chi connectivity index (χ1v) is 9.66. The predicted octanol–water partition coefficient (Wildman–Crippen LogP) is 7.76. The molecule has 0 radical (unpaired) electrons. The maximum Gasteiger partial charge on any atom is -0.0277 e. The Morgan fingerprint density at radius 3 is 1.19 bits per heavy atom. The Morgan fingerprint density at radius 1 is 0.524 bits per heavy atom. The summed E-state index contributed by atoms with van der Waals surface area (Å²) < 4.78 is 0. The van der Waals surface area contributed by atoms with Crippen molar-refractivity contribution >= 4 is 0 Å². The Labute approximate surface area is 135 Å². The van der Waals surface area contributed by atoms with E-state index in [1.807, 2.05) is 0 Å². The van der Waals surface area contributed by atoms with Crippen LogP contribution in [0.1, 0.15) is 119 Å². The normalized spacial score (nSPS) is 26.0. The molecule has 0 heteroatoms. The van der Waals surface area contributed by atoms with Crippen molar-refractivity contribution in [1.29, 1.82) is 0 Å². The minimum atomic E-state index is 0.450. The highest BCUT2D eigenvalue weighted by Crippen LogP contribution is 2.46. The molecule has 0 amide bonds. The van der Waals surface area contributed by atoms with Crippen LogP contribution in [-0.4, -0.2) is 0 Å². The van der Waals surface area contributed by atoms with Gasteiger partial charge < -0.3 is 0 Å². The summed E-state index contributed by atoms with van der Waals surface area (Å²) in [6.45, 7) is 14.9. The van der Waals surface area contributed by atoms with Gasteiger partial charge in [0.2, 0.25) is 0 Å². The summed E-state index contributed by atoms with van der Waals surface area (Å²) in [5.74, 6) is 0. The summed E-state index contributed by atoms with van der Waals surface area (Å²) in [5, 5.41) is 0. The molecule has 0 atom stereocenters. The molecule has 1 rings (SSSR count). The summed E-state index contributed by atoms with van der Waals surface area (Å²) in [6.07, 6.45) is 17.3. The average molecular weight is 295 g/mol. The second-order valence-electron chi connectivity index (χ2n) is 9.80. The Balaban J connectivity index is 2.57. The Kier molecular flexibility index (Phi) is 7.28. The van der Waals surface area contributed by atoms with E-state index in [2.05, 4.69) is 41.5 Å². The van der Waals surface area contributed by atoms with E-state index < -0.39 is 0 Å². The highest BCUT2D eigenvalue weighted by Gasteiger charge is 2.36. The summed E-state index contributed by atoms with van der Waals surface area (Å²) in [5.41, 5.74) is 1.58. The van der Waals surface area contributed by atoms with Crippen LogP contribution in [0.2, 0.25) is 0 Å². The third-order valence-corrected chi connectivity index (χ3v) is 6.47. The predicted molar refractivity (Wildman–Crippen MR) is 96.7 cm³/mol. The molecule has 0 aromatic carbocycles. The molecular weight excluding hydrogens is 252 g/mol. The molecule has 126 valence electrons. The lowest BCUT2D eigenvalue weighted by Crippen LogP contribution is -2.32. The number of rotatable bonds is 0. The molecule has 0 spiro atoms. The zero-order chi connectivity index (χ0) is 16.0. The van der Waals surface area contributed by atoms with Crippen molar-refractivity contribution in [1.82, 2.24) is 0 Å². The van der Waals surface area contributed by atoms with Crippen LogP contribution in [0, 0.1) is 16.2 Å². The van der Waals surface area contributed by atoms with Crippen LogP contribution in [0.4, 0.5) is 0 Å². The van der Waals surface area contributed by atoms with Crippen LogP contribution < -0.4 is 0 Å². The van der Waals surface area contributed by atoms with Crippen molar-refractivity contribution in [2.24, 2.45) is 16.2 Å². The van der Waals surface area contributed by atoms with Crippen LogP contribution in [-0.2, 0) is 0 Å². The van der Waals surface area contributed by atoms with E-state index >= 15 is 0 Å². The first-order valence-electron chi connectivity index (χ1n) is 9.66. The maximum absolute atomic E-state index is 2.56. The van der Waals surface area contributed by atoms with Crippen molar-refractivity contribution < 1.29 is 0 Å². The number of hydrogen-bond acceptors (Lipinski definition) is 0. The van der Waals surface area contributed by atoms with Crippen molar-refractivity contribution in [3.05, 3.63) is 0 Å². The largest absolute Gasteiger partial charge is 0.0599 e. The van der Waals surface area contributed by atoms with E-state index in [1.165, 1.54) is 77.0 Å². The van der Waals surface area contributed by atoms with Gasteiger partial charge in [0, 0.05) is 0 Å². The SMILES string of the molecule is CC1(C)CCCCCCC(C)(C(C)(C)C)CCCCCC1. The summed E-state index contributed by atoms with van der Waals surface area (Å²) in [7, 11) is 0. The zero-order valence-corrected chi connectivity index (χ0v) is 16.0. The maximum atomic E-state index is 2.56. The van der Waals surface area contributed by atoms with Gasteiger partial charge in [0.1, 0.15) is 0 Å². The fraction of sp³-hybridized carbons (Fsp3) is 1.00. The zero-order valence-electron chi connectivity index (χ0n) is 16.0. The van der Waals surface area contributed by atoms with E-state index in [1.54, 1.807) is 0 Å². The second kappa shape index (κ2) is 8.02. The molecule has 21 heavy (non-hydrogen) atoms. The lowest BCUT2D eigenvalue weighted by molar-refractivity contribution is 0.0771. The van der Waals surface area contributed by atoms with Crippen LogP contribution in [0.15, 0.2) is 0 Å². The van der Waals surface area contributed by atoms with Crippen molar-refractivity contribution in [2.75, 3.05) is 0 Å². The Morgan fingerprint density at radius 2 is 0.857 bits per heavy atom. The summed E-state index contributed by atoms with van der Waals surface area (Å²) in [6, 6.07) is 0. The van der Waals surface area contributed by atoms with E-state index in [0.29, 0.717) is 16.2 Å². The highest BCUT2D eigenvalue weighted by molar-refractivity contribution is 4.86. The second-order valence-corrected chi connectivity index (χ2v) is 9.80. The molecule has 1 fully saturated rings. The first-order chi connectivity index (χ1) is 9.66. The molecule has 0 aromatic heterocycles. The molecule has 1 aliphatic carbocycles. The molecular formula is C21H42. The third-order valence-electron chi connectivity index (χ3n) is 6.47. The van der Waals surface area contributed by atoms with Gasteiger partial charge in [-0.15, -0.1) is 0 Å². The van der Waals surface area contributed by atoms with Crippen LogP contribution in [0.25, 0.3) is 0 Å². The molecule has 0 nitrogen and oxygen atoms in total. The van der Waals surface area contributed by atoms with Crippen molar-refractivity contribution in [3.63, 3.8) is 0 Å². The van der Waals surface area contributed by atoms with Gasteiger partial charge in [0.15, 0.2) is 0 Å². The van der Waals surface area contributed by atoms with E-state index in [0.717, 1.165) is 0 Å². The van der Waals surface area contributed by atoms with Gasteiger partial charge in [-0.3, -0.25) is 0 Å². The topological polar surface area (TPSA) is 0 Å². The van der Waals surface area contributed by atoms with E-state index in [4.69, 9.17) is 0 Å². The number of hydrogen-bond donors (Lipinski definition) is 0. The van der Waals surface area contributed by atoms with Gasteiger partial charge in [-0.25, -0.2) is 0 Å². The molecule has 0 unspecified atom stereocenters. The Bertz CT molecular complexity index is 261. The monoisotopic (exact) mass is 294 g/mol. The standard InChI is InChI=1S/C21H42/c1-19(2,3)21(6)17-13-9-7-11-15-20(4,5)16-12-8-10-14-18-21/h7-18H2,1-6H3. The summed E-state index contributed by atoms with van der Waals surface area (Å²) >= 11 is 0. The van der Waals surface area contributed by atoms with Gasteiger partial charge in [-0.2, -0.15) is 0 Å². The lowest BCUT2D eigenvalue weighted by Gasteiger charge is -2.43. The molecule has 0 aliphatic heterocycles. The minimum Gasteiger partial charge on any atom is -0.0599 e. The van der Waals surface area contributed by atoms with E-state index in [-0.39, 0.29) is 0 Å². The van der Waals surface area contributed by atoms with Crippen LogP contribution in [0.3, 0.4) is 0 Å². The van der Waals surface area contributed by atoms with Gasteiger partial charge >= 0.3 is 0 Å². The lowest BCUT2D eigenvalue weighted by atomic mass is 9.62. The van der Waals surface area contributed by atoms with Gasteiger partial charge in [0.05, 0.1) is 0 Å². The molecule has 0 aromatic rings. The van der Waals surface area contributed by atoms with Gasteiger partial charge in [0.25, 0.3) is 0 Å². The van der Waals surface area contributed by atoms with Crippen LogP contribution in [0.5, 0.6) is 0 Å². The fourth-order valence-corrected chi connectivity index (χ4v) is 3.94. The highest BCUT2D eigenvalue weighted by atomic mass is 14.4.